The Morgan fingerprint density at radius 2 is 1.80 bits per heavy atom. The molecule has 0 atom stereocenters. The van der Waals surface area contributed by atoms with Gasteiger partial charge in [-0.25, -0.2) is 13.8 Å². The van der Waals surface area contributed by atoms with Crippen LogP contribution in [0.5, 0.6) is 0 Å². The van der Waals surface area contributed by atoms with Gasteiger partial charge >= 0.3 is 0 Å². The van der Waals surface area contributed by atoms with E-state index in [1.165, 1.54) is 18.4 Å². The van der Waals surface area contributed by atoms with Crippen molar-refractivity contribution in [1.82, 2.24) is 14.8 Å². The van der Waals surface area contributed by atoms with Gasteiger partial charge < -0.3 is 9.32 Å². The number of likely N-dealkylation sites (tertiary alicyclic amines) is 1. The van der Waals surface area contributed by atoms with E-state index in [2.05, 4.69) is 4.98 Å². The minimum Gasteiger partial charge on any atom is -0.447 e. The van der Waals surface area contributed by atoms with Crippen LogP contribution in [-0.4, -0.2) is 33.8 Å². The van der Waals surface area contributed by atoms with Gasteiger partial charge in [0.05, 0.1) is 6.54 Å². The highest BCUT2D eigenvalue weighted by atomic mass is 19.1. The zero-order valence-corrected chi connectivity index (χ0v) is 16.6. The number of rotatable bonds is 7. The van der Waals surface area contributed by atoms with Crippen LogP contribution in [0.1, 0.15) is 40.3 Å². The van der Waals surface area contributed by atoms with E-state index in [1.54, 1.807) is 4.90 Å². The van der Waals surface area contributed by atoms with Gasteiger partial charge in [0.1, 0.15) is 17.9 Å². The summed E-state index contributed by atoms with van der Waals surface area (Å²) in [5, 5.41) is 0. The molecule has 1 saturated heterocycles. The molecule has 7 heteroatoms. The van der Waals surface area contributed by atoms with Gasteiger partial charge in [0.25, 0.3) is 5.91 Å². The lowest BCUT2D eigenvalue weighted by Crippen LogP contribution is -2.28. The zero-order valence-electron chi connectivity index (χ0n) is 16.6. The van der Waals surface area contributed by atoms with Crippen molar-refractivity contribution in [2.24, 2.45) is 0 Å². The van der Waals surface area contributed by atoms with E-state index in [1.807, 2.05) is 35.2 Å². The van der Waals surface area contributed by atoms with Crippen LogP contribution in [0.15, 0.2) is 59.2 Å². The molecule has 5 nitrogen and oxygen atoms in total. The van der Waals surface area contributed by atoms with E-state index in [9.17, 15) is 13.6 Å². The molecule has 0 saturated carbocycles. The third kappa shape index (κ3) is 4.91. The quantitative estimate of drug-likeness (QED) is 0.579. The van der Waals surface area contributed by atoms with Crippen molar-refractivity contribution in [3.05, 3.63) is 89.1 Å². The Labute approximate surface area is 173 Å². The van der Waals surface area contributed by atoms with E-state index in [0.29, 0.717) is 30.2 Å². The SMILES string of the molecule is O=C(c1coc(CN(Cc2ccccc2)Cc2ccc(F)cc2F)n1)N1CCCC1. The minimum atomic E-state index is -0.608. The summed E-state index contributed by atoms with van der Waals surface area (Å²) in [6, 6.07) is 13.3. The summed E-state index contributed by atoms with van der Waals surface area (Å²) in [5.74, 6) is -0.938. The molecule has 1 aliphatic rings. The van der Waals surface area contributed by atoms with E-state index >= 15 is 0 Å². The van der Waals surface area contributed by atoms with Crippen LogP contribution >= 0.6 is 0 Å². The predicted octanol–water partition coefficient (Wildman–Crippen LogP) is 4.39. The van der Waals surface area contributed by atoms with E-state index < -0.39 is 11.6 Å². The standard InChI is InChI=1S/C23H23F2N3O2/c24-19-9-8-18(20(25)12-19)14-27(13-17-6-2-1-3-7-17)15-22-26-21(16-30-22)23(29)28-10-4-5-11-28/h1-3,6-9,12,16H,4-5,10-11,13-15H2. The van der Waals surface area contributed by atoms with Crippen molar-refractivity contribution in [1.29, 1.82) is 0 Å². The molecule has 0 radical (unpaired) electrons. The average molecular weight is 411 g/mol. The molecule has 2 heterocycles. The topological polar surface area (TPSA) is 49.6 Å². The van der Waals surface area contributed by atoms with E-state index in [4.69, 9.17) is 4.42 Å². The first-order chi connectivity index (χ1) is 14.6. The monoisotopic (exact) mass is 411 g/mol. The second-order valence-electron chi connectivity index (χ2n) is 7.49. The van der Waals surface area contributed by atoms with E-state index in [0.717, 1.165) is 37.6 Å². The lowest BCUT2D eigenvalue weighted by atomic mass is 10.1. The molecule has 3 aromatic rings. The molecule has 2 aromatic carbocycles. The highest BCUT2D eigenvalue weighted by Gasteiger charge is 2.23. The number of amides is 1. The predicted molar refractivity (Wildman–Crippen MR) is 107 cm³/mol. The van der Waals surface area contributed by atoms with Gasteiger partial charge in [-0.15, -0.1) is 0 Å². The number of halogens is 2. The summed E-state index contributed by atoms with van der Waals surface area (Å²) in [7, 11) is 0. The van der Waals surface area contributed by atoms with Crippen molar-refractivity contribution in [3.8, 4) is 0 Å². The largest absolute Gasteiger partial charge is 0.447 e. The molecule has 1 fully saturated rings. The van der Waals surface area contributed by atoms with Gasteiger partial charge in [-0.05, 0) is 24.5 Å². The Morgan fingerprint density at radius 3 is 2.53 bits per heavy atom. The van der Waals surface area contributed by atoms with Crippen LogP contribution in [-0.2, 0) is 19.6 Å². The van der Waals surface area contributed by atoms with Crippen molar-refractivity contribution >= 4 is 5.91 Å². The van der Waals surface area contributed by atoms with Crippen LogP contribution in [0.3, 0.4) is 0 Å². The number of hydrogen-bond donors (Lipinski definition) is 0. The number of benzene rings is 2. The molecule has 30 heavy (non-hydrogen) atoms. The second-order valence-corrected chi connectivity index (χ2v) is 7.49. The van der Waals surface area contributed by atoms with Crippen molar-refractivity contribution in [2.45, 2.75) is 32.5 Å². The van der Waals surface area contributed by atoms with Gasteiger partial charge in [0, 0.05) is 37.8 Å². The Hall–Kier alpha value is -3.06. The highest BCUT2D eigenvalue weighted by Crippen LogP contribution is 2.18. The number of carbonyl (C=O) groups excluding carboxylic acids is 1. The second kappa shape index (κ2) is 9.17. The first kappa shape index (κ1) is 20.2. The lowest BCUT2D eigenvalue weighted by molar-refractivity contribution is 0.0787. The zero-order chi connectivity index (χ0) is 20.9. The summed E-state index contributed by atoms with van der Waals surface area (Å²) >= 11 is 0. The van der Waals surface area contributed by atoms with Crippen LogP contribution < -0.4 is 0 Å². The molecule has 0 N–H and O–H groups in total. The maximum atomic E-state index is 14.2. The van der Waals surface area contributed by atoms with Crippen molar-refractivity contribution in [3.63, 3.8) is 0 Å². The number of carbonyl (C=O) groups is 1. The van der Waals surface area contributed by atoms with Gasteiger partial charge in [0.2, 0.25) is 5.89 Å². The fourth-order valence-corrected chi connectivity index (χ4v) is 3.66. The van der Waals surface area contributed by atoms with Crippen molar-refractivity contribution < 1.29 is 18.0 Å². The smallest absolute Gasteiger partial charge is 0.275 e. The molecular formula is C23H23F2N3O2. The molecule has 4 rings (SSSR count). The van der Waals surface area contributed by atoms with Gasteiger partial charge in [-0.1, -0.05) is 36.4 Å². The molecule has 0 bridgehead atoms. The van der Waals surface area contributed by atoms with Gasteiger partial charge in [-0.3, -0.25) is 9.69 Å². The number of aromatic nitrogens is 1. The fourth-order valence-electron chi connectivity index (χ4n) is 3.66. The third-order valence-electron chi connectivity index (χ3n) is 5.18. The minimum absolute atomic E-state index is 0.123. The summed E-state index contributed by atoms with van der Waals surface area (Å²) in [6.45, 7) is 2.54. The first-order valence-corrected chi connectivity index (χ1v) is 10.0. The summed E-state index contributed by atoms with van der Waals surface area (Å²) < 4.78 is 33.0. The molecule has 1 aromatic heterocycles. The molecule has 0 aliphatic carbocycles. The normalized spacial score (nSPS) is 13.9. The molecule has 1 amide bonds. The summed E-state index contributed by atoms with van der Waals surface area (Å²) in [4.78, 5) is 20.6. The van der Waals surface area contributed by atoms with Crippen LogP contribution in [0, 0.1) is 11.6 Å². The Morgan fingerprint density at radius 1 is 1.03 bits per heavy atom. The average Bonchev–Trinajstić information content (AvgIpc) is 3.43. The lowest BCUT2D eigenvalue weighted by Gasteiger charge is -2.21. The molecular weight excluding hydrogens is 388 g/mol. The highest BCUT2D eigenvalue weighted by molar-refractivity contribution is 5.92. The maximum absolute atomic E-state index is 14.2. The molecule has 156 valence electrons. The Balaban J connectivity index is 1.51. The molecule has 1 aliphatic heterocycles. The molecule has 0 unspecified atom stereocenters. The fraction of sp³-hybridized carbons (Fsp3) is 0.304. The van der Waals surface area contributed by atoms with E-state index in [-0.39, 0.29) is 12.5 Å². The summed E-state index contributed by atoms with van der Waals surface area (Å²) in [6.07, 6.45) is 3.39. The van der Waals surface area contributed by atoms with Crippen LogP contribution in [0.4, 0.5) is 8.78 Å². The number of oxazole rings is 1. The van der Waals surface area contributed by atoms with Crippen LogP contribution in [0.25, 0.3) is 0 Å². The number of nitrogens with zero attached hydrogens (tertiary/aromatic N) is 3. The van der Waals surface area contributed by atoms with Crippen LogP contribution in [0.2, 0.25) is 0 Å². The van der Waals surface area contributed by atoms with Crippen molar-refractivity contribution in [2.75, 3.05) is 13.1 Å². The number of hydrogen-bond acceptors (Lipinski definition) is 4. The maximum Gasteiger partial charge on any atom is 0.275 e. The molecule has 0 spiro atoms. The van der Waals surface area contributed by atoms with Gasteiger partial charge in [0.15, 0.2) is 5.69 Å². The Bertz CT molecular complexity index is 1000. The van der Waals surface area contributed by atoms with Gasteiger partial charge in [-0.2, -0.15) is 0 Å². The third-order valence-corrected chi connectivity index (χ3v) is 5.18. The first-order valence-electron chi connectivity index (χ1n) is 10.0. The Kier molecular flexibility index (Phi) is 6.18. The summed E-state index contributed by atoms with van der Waals surface area (Å²) in [5.41, 5.74) is 1.71.